The van der Waals surface area contributed by atoms with Crippen LogP contribution in [-0.2, 0) is 4.74 Å². The highest BCUT2D eigenvalue weighted by atomic mass is 32.1. The Kier molecular flexibility index (Phi) is 6.16. The molecule has 0 aromatic heterocycles. The number of thiocarbonyl (C=S) groups is 1. The third-order valence-corrected chi connectivity index (χ3v) is 3.85. The van der Waals surface area contributed by atoms with E-state index >= 15 is 0 Å². The van der Waals surface area contributed by atoms with Gasteiger partial charge < -0.3 is 15.0 Å². The van der Waals surface area contributed by atoms with Crippen LogP contribution in [0.25, 0.3) is 0 Å². The van der Waals surface area contributed by atoms with Gasteiger partial charge in [0.1, 0.15) is 0 Å². The number of hydrogen-bond acceptors (Lipinski definition) is 3. The first-order chi connectivity index (χ1) is 8.06. The van der Waals surface area contributed by atoms with E-state index in [1.807, 2.05) is 0 Å². The van der Waals surface area contributed by atoms with Crippen molar-refractivity contribution in [2.45, 2.75) is 32.4 Å². The fourth-order valence-corrected chi connectivity index (χ4v) is 2.35. The van der Waals surface area contributed by atoms with Crippen molar-refractivity contribution < 1.29 is 4.74 Å². The van der Waals surface area contributed by atoms with Crippen LogP contribution in [0.15, 0.2) is 0 Å². The lowest BCUT2D eigenvalue weighted by Gasteiger charge is -2.43. The Balaban J connectivity index is 2.32. The molecule has 5 heteroatoms. The molecule has 0 spiro atoms. The molecule has 1 heterocycles. The lowest BCUT2D eigenvalue weighted by atomic mass is 10.1. The number of rotatable bonds is 4. The van der Waals surface area contributed by atoms with E-state index in [9.17, 15) is 0 Å². The molecule has 2 atom stereocenters. The molecular formula is C12H25N3OS. The Bertz CT molecular complexity index is 238. The zero-order chi connectivity index (χ0) is 12.8. The van der Waals surface area contributed by atoms with E-state index in [4.69, 9.17) is 17.0 Å². The summed E-state index contributed by atoms with van der Waals surface area (Å²) in [6.45, 7) is 8.19. The average Bonchev–Trinajstić information content (AvgIpc) is 2.30. The zero-order valence-electron chi connectivity index (χ0n) is 11.4. The second-order valence-corrected chi connectivity index (χ2v) is 5.23. The molecule has 1 saturated heterocycles. The second-order valence-electron chi connectivity index (χ2n) is 4.85. The van der Waals surface area contributed by atoms with Gasteiger partial charge in [0.05, 0.1) is 0 Å². The number of nitrogens with one attached hydrogen (secondary N) is 1. The molecule has 100 valence electrons. The standard InChI is InChI=1S/C12H25N3OS/c1-10-8-15(9-11(2)14(10)3)12(17)13-6-5-7-16-4/h10-11H,5-9H2,1-4H3,(H,13,17). The zero-order valence-corrected chi connectivity index (χ0v) is 12.2. The third-order valence-electron chi connectivity index (χ3n) is 3.45. The molecular weight excluding hydrogens is 234 g/mol. The number of hydrogen-bond donors (Lipinski definition) is 1. The minimum atomic E-state index is 0.553. The van der Waals surface area contributed by atoms with Gasteiger partial charge in [0, 0.05) is 45.4 Å². The first kappa shape index (κ1) is 14.7. The summed E-state index contributed by atoms with van der Waals surface area (Å²) in [5.74, 6) is 0. The quantitative estimate of drug-likeness (QED) is 0.599. The highest BCUT2D eigenvalue weighted by Gasteiger charge is 2.27. The van der Waals surface area contributed by atoms with E-state index in [1.54, 1.807) is 7.11 Å². The highest BCUT2D eigenvalue weighted by molar-refractivity contribution is 7.80. The SMILES string of the molecule is COCCCNC(=S)N1CC(C)N(C)C(C)C1. The van der Waals surface area contributed by atoms with E-state index in [0.29, 0.717) is 12.1 Å². The molecule has 0 aromatic carbocycles. The predicted octanol–water partition coefficient (Wildman–Crippen LogP) is 0.922. The molecule has 1 aliphatic rings. The van der Waals surface area contributed by atoms with Gasteiger partial charge in [0.15, 0.2) is 5.11 Å². The minimum Gasteiger partial charge on any atom is -0.385 e. The Morgan fingerprint density at radius 1 is 1.35 bits per heavy atom. The van der Waals surface area contributed by atoms with Crippen LogP contribution in [-0.4, -0.2) is 67.4 Å². The molecule has 1 rings (SSSR count). The first-order valence-electron chi connectivity index (χ1n) is 6.30. The predicted molar refractivity (Wildman–Crippen MR) is 75.4 cm³/mol. The lowest BCUT2D eigenvalue weighted by Crippen LogP contribution is -2.58. The normalized spacial score (nSPS) is 26.0. The van der Waals surface area contributed by atoms with Crippen LogP contribution < -0.4 is 5.32 Å². The summed E-state index contributed by atoms with van der Waals surface area (Å²) in [6, 6.07) is 1.11. The van der Waals surface area contributed by atoms with Crippen LogP contribution in [0.4, 0.5) is 0 Å². The highest BCUT2D eigenvalue weighted by Crippen LogP contribution is 2.13. The van der Waals surface area contributed by atoms with Gasteiger partial charge in [-0.1, -0.05) is 0 Å². The third kappa shape index (κ3) is 4.41. The first-order valence-corrected chi connectivity index (χ1v) is 6.70. The van der Waals surface area contributed by atoms with Crippen LogP contribution >= 0.6 is 12.2 Å². The minimum absolute atomic E-state index is 0.553. The maximum Gasteiger partial charge on any atom is 0.169 e. The van der Waals surface area contributed by atoms with Gasteiger partial charge in [-0.25, -0.2) is 0 Å². The summed E-state index contributed by atoms with van der Waals surface area (Å²) in [7, 11) is 3.91. The summed E-state index contributed by atoms with van der Waals surface area (Å²) in [5, 5.41) is 4.18. The molecule has 0 aromatic rings. The Morgan fingerprint density at radius 2 is 1.94 bits per heavy atom. The van der Waals surface area contributed by atoms with Gasteiger partial charge in [0.2, 0.25) is 0 Å². The molecule has 1 N–H and O–H groups in total. The van der Waals surface area contributed by atoms with Crippen LogP contribution in [0.2, 0.25) is 0 Å². The van der Waals surface area contributed by atoms with E-state index in [0.717, 1.165) is 37.8 Å². The summed E-state index contributed by atoms with van der Waals surface area (Å²) >= 11 is 5.42. The van der Waals surface area contributed by atoms with Crippen molar-refractivity contribution in [1.82, 2.24) is 15.1 Å². The van der Waals surface area contributed by atoms with Gasteiger partial charge in [-0.3, -0.25) is 4.90 Å². The van der Waals surface area contributed by atoms with E-state index < -0.39 is 0 Å². The largest absolute Gasteiger partial charge is 0.385 e. The lowest BCUT2D eigenvalue weighted by molar-refractivity contribution is 0.0982. The van der Waals surface area contributed by atoms with Crippen molar-refractivity contribution in [1.29, 1.82) is 0 Å². The van der Waals surface area contributed by atoms with Gasteiger partial charge in [-0.2, -0.15) is 0 Å². The number of ether oxygens (including phenoxy) is 1. The maximum absolute atomic E-state index is 5.42. The van der Waals surface area contributed by atoms with Gasteiger partial charge in [0.25, 0.3) is 0 Å². The van der Waals surface area contributed by atoms with Crippen molar-refractivity contribution in [2.24, 2.45) is 0 Å². The smallest absolute Gasteiger partial charge is 0.169 e. The molecule has 1 fully saturated rings. The molecule has 0 bridgehead atoms. The van der Waals surface area contributed by atoms with Gasteiger partial charge in [-0.15, -0.1) is 0 Å². The fraction of sp³-hybridized carbons (Fsp3) is 0.917. The fourth-order valence-electron chi connectivity index (χ4n) is 2.09. The van der Waals surface area contributed by atoms with Crippen molar-refractivity contribution in [2.75, 3.05) is 40.4 Å². The van der Waals surface area contributed by atoms with Crippen LogP contribution in [0.5, 0.6) is 0 Å². The molecule has 2 unspecified atom stereocenters. The van der Waals surface area contributed by atoms with E-state index in [-0.39, 0.29) is 0 Å². The molecule has 0 radical (unpaired) electrons. The molecule has 4 nitrogen and oxygen atoms in total. The van der Waals surface area contributed by atoms with Crippen LogP contribution in [0, 0.1) is 0 Å². The summed E-state index contributed by atoms with van der Waals surface area (Å²) in [6.07, 6.45) is 0.996. The van der Waals surface area contributed by atoms with Crippen LogP contribution in [0.3, 0.4) is 0 Å². The number of piperazine rings is 1. The molecule has 0 aliphatic carbocycles. The van der Waals surface area contributed by atoms with Gasteiger partial charge >= 0.3 is 0 Å². The monoisotopic (exact) mass is 259 g/mol. The van der Waals surface area contributed by atoms with E-state index in [2.05, 4.69) is 36.0 Å². The van der Waals surface area contributed by atoms with Crippen LogP contribution in [0.1, 0.15) is 20.3 Å². The topological polar surface area (TPSA) is 27.7 Å². The molecule has 0 saturated carbocycles. The molecule has 0 amide bonds. The van der Waals surface area contributed by atoms with Gasteiger partial charge in [-0.05, 0) is 39.5 Å². The maximum atomic E-state index is 5.42. The summed E-state index contributed by atoms with van der Waals surface area (Å²) in [5.41, 5.74) is 0. The molecule has 1 aliphatic heterocycles. The summed E-state index contributed by atoms with van der Waals surface area (Å²) < 4.78 is 5.01. The van der Waals surface area contributed by atoms with E-state index in [1.165, 1.54) is 0 Å². The Labute approximate surface area is 110 Å². The number of nitrogens with zero attached hydrogens (tertiary/aromatic N) is 2. The average molecular weight is 259 g/mol. The van der Waals surface area contributed by atoms with Crippen molar-refractivity contribution in [3.05, 3.63) is 0 Å². The number of methoxy groups -OCH3 is 1. The Morgan fingerprint density at radius 3 is 2.47 bits per heavy atom. The Hall–Kier alpha value is -0.390. The van der Waals surface area contributed by atoms with Crippen molar-refractivity contribution in [3.63, 3.8) is 0 Å². The summed E-state index contributed by atoms with van der Waals surface area (Å²) in [4.78, 5) is 4.68. The molecule has 17 heavy (non-hydrogen) atoms. The number of likely N-dealkylation sites (N-methyl/N-ethyl adjacent to an activating group) is 1. The van der Waals surface area contributed by atoms with Crippen molar-refractivity contribution >= 4 is 17.3 Å². The van der Waals surface area contributed by atoms with Crippen molar-refractivity contribution in [3.8, 4) is 0 Å². The second kappa shape index (κ2) is 7.13.